The van der Waals surface area contributed by atoms with Crippen LogP contribution in [0, 0.1) is 0 Å². The Kier molecular flexibility index (Phi) is 5.94. The normalized spacial score (nSPS) is 11.9. The molecule has 0 spiro atoms. The van der Waals surface area contributed by atoms with Gasteiger partial charge >= 0.3 is 6.18 Å². The first kappa shape index (κ1) is 23.6. The van der Waals surface area contributed by atoms with E-state index in [1.165, 1.54) is 17.4 Å². The monoisotopic (exact) mass is 530 g/mol. The quantitative estimate of drug-likeness (QED) is 0.227. The van der Waals surface area contributed by atoms with Crippen LogP contribution in [0.5, 0.6) is 0 Å². The number of nitrogens with zero attached hydrogens (tertiary/aromatic N) is 2. The number of thiophene rings is 1. The zero-order valence-corrected chi connectivity index (χ0v) is 20.8. The topological polar surface area (TPSA) is 25.8 Å². The highest BCUT2D eigenvalue weighted by atomic mass is 35.5. The molecule has 37 heavy (non-hydrogen) atoms. The predicted octanol–water partition coefficient (Wildman–Crippen LogP) is 9.44. The maximum Gasteiger partial charge on any atom is 0.417 e. The van der Waals surface area contributed by atoms with Gasteiger partial charge in [0.15, 0.2) is 0 Å². The number of hydrogen-bond acceptors (Lipinski definition) is 3. The zero-order chi connectivity index (χ0) is 25.6. The van der Waals surface area contributed by atoms with E-state index in [0.717, 1.165) is 44.3 Å². The van der Waals surface area contributed by atoms with E-state index >= 15 is 0 Å². The fraction of sp³-hybridized carbons (Fsp3) is 0.0667. The molecule has 4 aromatic carbocycles. The Hall–Kier alpha value is -3.74. The Morgan fingerprint density at radius 1 is 0.730 bits per heavy atom. The SMILES string of the molecule is FC(F)(F)c1cccc2sc(Cc3cccc(-c4c(-c5ccccc5)nnc5c(Cl)cccc45)c3)cc12. The van der Waals surface area contributed by atoms with Crippen LogP contribution >= 0.6 is 22.9 Å². The van der Waals surface area contributed by atoms with Gasteiger partial charge in [-0.15, -0.1) is 21.5 Å². The first-order valence-electron chi connectivity index (χ1n) is 11.6. The van der Waals surface area contributed by atoms with Crippen molar-refractivity contribution in [2.24, 2.45) is 0 Å². The largest absolute Gasteiger partial charge is 0.417 e. The van der Waals surface area contributed by atoms with Gasteiger partial charge in [-0.3, -0.25) is 0 Å². The summed E-state index contributed by atoms with van der Waals surface area (Å²) in [6, 6.07) is 29.5. The van der Waals surface area contributed by atoms with Crippen molar-refractivity contribution in [2.45, 2.75) is 12.6 Å². The number of benzene rings is 4. The van der Waals surface area contributed by atoms with Gasteiger partial charge in [-0.2, -0.15) is 13.2 Å². The Morgan fingerprint density at radius 3 is 2.30 bits per heavy atom. The van der Waals surface area contributed by atoms with Crippen molar-refractivity contribution in [3.8, 4) is 22.4 Å². The van der Waals surface area contributed by atoms with Crippen LogP contribution in [0.15, 0.2) is 97.1 Å². The molecule has 0 aliphatic rings. The summed E-state index contributed by atoms with van der Waals surface area (Å²) in [5.74, 6) is 0. The maximum atomic E-state index is 13.5. The number of alkyl halides is 3. The van der Waals surface area contributed by atoms with Crippen LogP contribution in [0.2, 0.25) is 5.02 Å². The van der Waals surface area contributed by atoms with Crippen LogP contribution in [0.1, 0.15) is 16.0 Å². The number of aromatic nitrogens is 2. The molecule has 2 aromatic heterocycles. The lowest BCUT2D eigenvalue weighted by Gasteiger charge is -2.13. The molecule has 6 aromatic rings. The van der Waals surface area contributed by atoms with Gasteiger partial charge in [-0.1, -0.05) is 84.4 Å². The van der Waals surface area contributed by atoms with Gasteiger partial charge in [0.2, 0.25) is 0 Å². The minimum atomic E-state index is -4.39. The zero-order valence-electron chi connectivity index (χ0n) is 19.3. The molecule has 0 bridgehead atoms. The van der Waals surface area contributed by atoms with Gasteiger partial charge in [0.25, 0.3) is 0 Å². The molecule has 0 aliphatic heterocycles. The van der Waals surface area contributed by atoms with E-state index in [1.807, 2.05) is 60.7 Å². The molecule has 7 heteroatoms. The number of halogens is 4. The molecule has 0 radical (unpaired) electrons. The molecule has 6 rings (SSSR count). The lowest BCUT2D eigenvalue weighted by Crippen LogP contribution is -2.04. The highest BCUT2D eigenvalue weighted by Gasteiger charge is 2.32. The van der Waals surface area contributed by atoms with E-state index in [0.29, 0.717) is 21.7 Å². The predicted molar refractivity (Wildman–Crippen MR) is 145 cm³/mol. The summed E-state index contributed by atoms with van der Waals surface area (Å²) >= 11 is 7.84. The second-order valence-corrected chi connectivity index (χ2v) is 10.3. The first-order chi connectivity index (χ1) is 17.9. The molecular weight excluding hydrogens is 513 g/mol. The van der Waals surface area contributed by atoms with Crippen LogP contribution < -0.4 is 0 Å². The molecule has 0 amide bonds. The number of fused-ring (bicyclic) bond motifs is 2. The smallest absolute Gasteiger partial charge is 0.166 e. The summed E-state index contributed by atoms with van der Waals surface area (Å²) < 4.78 is 41.2. The molecule has 0 fully saturated rings. The van der Waals surface area contributed by atoms with Gasteiger partial charge in [-0.25, -0.2) is 0 Å². The maximum absolute atomic E-state index is 13.5. The summed E-state index contributed by atoms with van der Waals surface area (Å²) in [7, 11) is 0. The Labute approximate surface area is 220 Å². The van der Waals surface area contributed by atoms with E-state index < -0.39 is 11.7 Å². The fourth-order valence-electron chi connectivity index (χ4n) is 4.67. The van der Waals surface area contributed by atoms with Crippen LogP contribution in [-0.4, -0.2) is 10.2 Å². The summed E-state index contributed by atoms with van der Waals surface area (Å²) in [5, 5.41) is 10.6. The summed E-state index contributed by atoms with van der Waals surface area (Å²) in [4.78, 5) is 0.868. The van der Waals surface area contributed by atoms with Crippen LogP contribution in [0.3, 0.4) is 0 Å². The molecule has 0 unspecified atom stereocenters. The molecule has 0 saturated heterocycles. The number of hydrogen-bond donors (Lipinski definition) is 0. The van der Waals surface area contributed by atoms with Crippen LogP contribution in [0.25, 0.3) is 43.4 Å². The van der Waals surface area contributed by atoms with Gasteiger partial charge in [0.05, 0.1) is 10.6 Å². The van der Waals surface area contributed by atoms with Crippen molar-refractivity contribution in [1.29, 1.82) is 0 Å². The third-order valence-electron chi connectivity index (χ3n) is 6.30. The molecule has 0 aliphatic carbocycles. The molecule has 0 atom stereocenters. The van der Waals surface area contributed by atoms with E-state index in [-0.39, 0.29) is 5.39 Å². The van der Waals surface area contributed by atoms with E-state index in [9.17, 15) is 13.2 Å². The van der Waals surface area contributed by atoms with Gasteiger partial charge in [0.1, 0.15) is 11.2 Å². The van der Waals surface area contributed by atoms with Crippen molar-refractivity contribution in [3.63, 3.8) is 0 Å². The molecule has 0 N–H and O–H groups in total. The average Bonchev–Trinajstić information content (AvgIpc) is 3.30. The van der Waals surface area contributed by atoms with E-state index in [4.69, 9.17) is 11.6 Å². The Morgan fingerprint density at radius 2 is 1.49 bits per heavy atom. The van der Waals surface area contributed by atoms with Crippen molar-refractivity contribution in [3.05, 3.63) is 118 Å². The van der Waals surface area contributed by atoms with Gasteiger partial charge in [0, 0.05) is 37.9 Å². The Bertz CT molecular complexity index is 1760. The molecule has 0 saturated carbocycles. The van der Waals surface area contributed by atoms with Crippen molar-refractivity contribution in [2.75, 3.05) is 0 Å². The van der Waals surface area contributed by atoms with Crippen LogP contribution in [0.4, 0.5) is 13.2 Å². The summed E-state index contributed by atoms with van der Waals surface area (Å²) in [5.41, 5.74) is 4.54. The standard InChI is InChI=1S/C30H18ClF3N2S/c31-25-13-5-11-22-27(28(35-36-29(22)25)19-8-2-1-3-9-19)20-10-4-7-18(15-20)16-21-17-23-24(30(32,33)34)12-6-14-26(23)37-21/h1-15,17H,16H2. The highest BCUT2D eigenvalue weighted by molar-refractivity contribution is 7.19. The third-order valence-corrected chi connectivity index (χ3v) is 7.71. The van der Waals surface area contributed by atoms with Crippen molar-refractivity contribution < 1.29 is 13.2 Å². The van der Waals surface area contributed by atoms with Crippen molar-refractivity contribution in [1.82, 2.24) is 10.2 Å². The second kappa shape index (κ2) is 9.29. The van der Waals surface area contributed by atoms with Crippen LogP contribution in [-0.2, 0) is 12.6 Å². The minimum Gasteiger partial charge on any atom is -0.166 e. The lowest BCUT2D eigenvalue weighted by atomic mass is 9.94. The molecule has 2 heterocycles. The molecule has 182 valence electrons. The number of rotatable bonds is 4. The molecular formula is C30H18ClF3N2S. The van der Waals surface area contributed by atoms with Gasteiger partial charge < -0.3 is 0 Å². The Balaban J connectivity index is 1.47. The third kappa shape index (κ3) is 4.47. The highest BCUT2D eigenvalue weighted by Crippen LogP contribution is 2.40. The summed E-state index contributed by atoms with van der Waals surface area (Å²) in [6.45, 7) is 0. The molecule has 2 nitrogen and oxygen atoms in total. The fourth-order valence-corrected chi connectivity index (χ4v) is 6.01. The van der Waals surface area contributed by atoms with E-state index in [2.05, 4.69) is 16.3 Å². The minimum absolute atomic E-state index is 0.247. The van der Waals surface area contributed by atoms with Gasteiger partial charge in [-0.05, 0) is 35.4 Å². The first-order valence-corrected chi connectivity index (χ1v) is 12.8. The van der Waals surface area contributed by atoms with E-state index in [1.54, 1.807) is 18.2 Å². The second-order valence-electron chi connectivity index (χ2n) is 8.73. The summed E-state index contributed by atoms with van der Waals surface area (Å²) in [6.07, 6.45) is -3.87. The van der Waals surface area contributed by atoms with Crippen molar-refractivity contribution >= 4 is 43.9 Å². The average molecular weight is 531 g/mol. The lowest BCUT2D eigenvalue weighted by molar-refractivity contribution is -0.136.